The Morgan fingerprint density at radius 3 is 2.67 bits per heavy atom. The number of hydrogen-bond donors (Lipinski definition) is 2. The van der Waals surface area contributed by atoms with Crippen LogP contribution in [-0.2, 0) is 4.79 Å². The molecule has 0 fully saturated rings. The van der Waals surface area contributed by atoms with Crippen molar-refractivity contribution in [2.75, 3.05) is 5.32 Å². The molecule has 0 atom stereocenters. The van der Waals surface area contributed by atoms with E-state index in [2.05, 4.69) is 10.3 Å². The summed E-state index contributed by atoms with van der Waals surface area (Å²) < 4.78 is 0.472. The zero-order valence-electron chi connectivity index (χ0n) is 8.84. The van der Waals surface area contributed by atoms with Gasteiger partial charge in [0.1, 0.15) is 3.70 Å². The van der Waals surface area contributed by atoms with Gasteiger partial charge in [0.2, 0.25) is 5.91 Å². The van der Waals surface area contributed by atoms with Crippen molar-refractivity contribution in [1.82, 2.24) is 4.98 Å². The molecule has 2 N–H and O–H groups in total. The number of nitrogens with one attached hydrogen (secondary N) is 1. The molecule has 1 rings (SSSR count). The van der Waals surface area contributed by atoms with Gasteiger partial charge in [0.15, 0.2) is 5.75 Å². The van der Waals surface area contributed by atoms with Crippen molar-refractivity contribution >= 4 is 34.2 Å². The summed E-state index contributed by atoms with van der Waals surface area (Å²) in [4.78, 5) is 15.5. The van der Waals surface area contributed by atoms with E-state index in [0.717, 1.165) is 0 Å². The SMILES string of the molecule is CC(C)(C)C(=O)Nc1ccnc(I)c1O. The highest BCUT2D eigenvalue weighted by atomic mass is 127. The molecule has 0 spiro atoms. The molecule has 1 heterocycles. The zero-order valence-corrected chi connectivity index (χ0v) is 11.0. The minimum Gasteiger partial charge on any atom is -0.504 e. The number of pyridine rings is 1. The predicted octanol–water partition coefficient (Wildman–Crippen LogP) is 2.38. The van der Waals surface area contributed by atoms with Crippen LogP contribution in [0.3, 0.4) is 0 Å². The van der Waals surface area contributed by atoms with E-state index in [0.29, 0.717) is 9.39 Å². The lowest BCUT2D eigenvalue weighted by atomic mass is 9.95. The largest absolute Gasteiger partial charge is 0.504 e. The Hall–Kier alpha value is -0.850. The lowest BCUT2D eigenvalue weighted by molar-refractivity contribution is -0.123. The number of aromatic nitrogens is 1. The first-order valence-corrected chi connectivity index (χ1v) is 5.55. The molecule has 1 amide bonds. The second-order valence-electron chi connectivity index (χ2n) is 4.20. The fraction of sp³-hybridized carbons (Fsp3) is 0.400. The van der Waals surface area contributed by atoms with Crippen LogP contribution >= 0.6 is 22.6 Å². The minimum atomic E-state index is -0.485. The van der Waals surface area contributed by atoms with Crippen LogP contribution in [0.5, 0.6) is 5.75 Å². The van der Waals surface area contributed by atoms with Gasteiger partial charge in [0.25, 0.3) is 0 Å². The Bertz CT molecular complexity index is 385. The van der Waals surface area contributed by atoms with Crippen LogP contribution in [0.15, 0.2) is 12.3 Å². The van der Waals surface area contributed by atoms with Crippen molar-refractivity contribution < 1.29 is 9.90 Å². The van der Waals surface area contributed by atoms with Gasteiger partial charge < -0.3 is 10.4 Å². The summed E-state index contributed by atoms with van der Waals surface area (Å²) >= 11 is 1.91. The average molecular weight is 320 g/mol. The van der Waals surface area contributed by atoms with E-state index in [1.165, 1.54) is 0 Å². The molecule has 15 heavy (non-hydrogen) atoms. The fourth-order valence-corrected chi connectivity index (χ4v) is 1.29. The Morgan fingerprint density at radius 1 is 1.53 bits per heavy atom. The van der Waals surface area contributed by atoms with Crippen molar-refractivity contribution in [3.63, 3.8) is 0 Å². The number of rotatable bonds is 1. The summed E-state index contributed by atoms with van der Waals surface area (Å²) in [5, 5.41) is 12.3. The Labute approximate surface area is 102 Å². The quantitative estimate of drug-likeness (QED) is 0.617. The highest BCUT2D eigenvalue weighted by molar-refractivity contribution is 14.1. The summed E-state index contributed by atoms with van der Waals surface area (Å²) in [6, 6.07) is 1.57. The first-order chi connectivity index (χ1) is 6.82. The standard InChI is InChI=1S/C10H13IN2O2/c1-10(2,3)9(15)13-6-4-5-12-8(11)7(6)14/h4-5,14H,1-3H3,(H,12,13,15). The maximum Gasteiger partial charge on any atom is 0.229 e. The third-order valence-corrected chi connectivity index (χ3v) is 2.60. The number of carbonyl (C=O) groups excluding carboxylic acids is 1. The molecule has 1 aromatic heterocycles. The average Bonchev–Trinajstić information content (AvgIpc) is 2.11. The van der Waals surface area contributed by atoms with Gasteiger partial charge in [-0.1, -0.05) is 20.8 Å². The molecule has 5 heteroatoms. The van der Waals surface area contributed by atoms with Crippen LogP contribution in [0.1, 0.15) is 20.8 Å². The van der Waals surface area contributed by atoms with Gasteiger partial charge in [0, 0.05) is 11.6 Å². The van der Waals surface area contributed by atoms with Crippen LogP contribution in [0, 0.1) is 9.12 Å². The molecule has 1 aromatic rings. The van der Waals surface area contributed by atoms with Gasteiger partial charge in [-0.25, -0.2) is 4.98 Å². The Kier molecular flexibility index (Phi) is 3.54. The number of halogens is 1. The predicted molar refractivity (Wildman–Crippen MR) is 66.7 cm³/mol. The van der Waals surface area contributed by atoms with Gasteiger partial charge in [-0.2, -0.15) is 0 Å². The number of amides is 1. The molecule has 0 unspecified atom stereocenters. The fourth-order valence-electron chi connectivity index (χ4n) is 0.839. The molecular weight excluding hydrogens is 307 g/mol. The van der Waals surface area contributed by atoms with Gasteiger partial charge in [-0.3, -0.25) is 4.79 Å². The minimum absolute atomic E-state index is 0.00991. The molecule has 0 saturated carbocycles. The second kappa shape index (κ2) is 4.34. The summed E-state index contributed by atoms with van der Waals surface area (Å²) in [6.45, 7) is 5.43. The van der Waals surface area contributed by atoms with Crippen molar-refractivity contribution in [1.29, 1.82) is 0 Å². The van der Waals surface area contributed by atoms with E-state index in [1.807, 2.05) is 43.4 Å². The van der Waals surface area contributed by atoms with Crippen molar-refractivity contribution in [2.45, 2.75) is 20.8 Å². The van der Waals surface area contributed by atoms with E-state index in [1.54, 1.807) is 12.3 Å². The lowest BCUT2D eigenvalue weighted by Gasteiger charge is -2.18. The van der Waals surface area contributed by atoms with Crippen LogP contribution in [-0.4, -0.2) is 16.0 Å². The molecule has 0 saturated heterocycles. The van der Waals surface area contributed by atoms with Crippen LogP contribution in [0.4, 0.5) is 5.69 Å². The lowest BCUT2D eigenvalue weighted by Crippen LogP contribution is -2.27. The first-order valence-electron chi connectivity index (χ1n) is 4.47. The van der Waals surface area contributed by atoms with E-state index < -0.39 is 5.41 Å². The van der Waals surface area contributed by atoms with Crippen molar-refractivity contribution in [3.05, 3.63) is 16.0 Å². The number of anilines is 1. The summed E-state index contributed by atoms with van der Waals surface area (Å²) in [7, 11) is 0. The van der Waals surface area contributed by atoms with E-state index in [4.69, 9.17) is 0 Å². The molecule has 0 radical (unpaired) electrons. The molecule has 82 valence electrons. The third-order valence-electron chi connectivity index (χ3n) is 1.81. The Morgan fingerprint density at radius 2 is 2.13 bits per heavy atom. The summed E-state index contributed by atoms with van der Waals surface area (Å²) in [5.41, 5.74) is -0.0875. The normalized spacial score (nSPS) is 11.2. The number of nitrogens with zero attached hydrogens (tertiary/aromatic N) is 1. The van der Waals surface area contributed by atoms with Gasteiger partial charge in [-0.15, -0.1) is 0 Å². The van der Waals surface area contributed by atoms with Crippen LogP contribution in [0.2, 0.25) is 0 Å². The zero-order chi connectivity index (χ0) is 11.6. The van der Waals surface area contributed by atoms with E-state index in [9.17, 15) is 9.90 Å². The molecule has 0 aliphatic carbocycles. The van der Waals surface area contributed by atoms with Crippen molar-refractivity contribution in [2.24, 2.45) is 5.41 Å². The summed E-state index contributed by atoms with van der Waals surface area (Å²) in [6.07, 6.45) is 1.54. The van der Waals surface area contributed by atoms with Crippen LogP contribution < -0.4 is 5.32 Å². The smallest absolute Gasteiger partial charge is 0.229 e. The third kappa shape index (κ3) is 3.05. The highest BCUT2D eigenvalue weighted by Crippen LogP contribution is 2.28. The van der Waals surface area contributed by atoms with E-state index in [-0.39, 0.29) is 11.7 Å². The van der Waals surface area contributed by atoms with Crippen molar-refractivity contribution in [3.8, 4) is 5.75 Å². The molecular formula is C10H13IN2O2. The molecule has 0 aromatic carbocycles. The molecule has 0 aliphatic heterocycles. The second-order valence-corrected chi connectivity index (χ2v) is 5.22. The van der Waals surface area contributed by atoms with E-state index >= 15 is 0 Å². The monoisotopic (exact) mass is 320 g/mol. The Balaban J connectivity index is 2.91. The maximum atomic E-state index is 11.7. The molecule has 0 aliphatic rings. The molecule has 4 nitrogen and oxygen atoms in total. The van der Waals surface area contributed by atoms with Crippen LogP contribution in [0.25, 0.3) is 0 Å². The van der Waals surface area contributed by atoms with Gasteiger partial charge >= 0.3 is 0 Å². The molecule has 0 bridgehead atoms. The number of hydrogen-bond acceptors (Lipinski definition) is 3. The topological polar surface area (TPSA) is 62.2 Å². The van der Waals surface area contributed by atoms with Gasteiger partial charge in [-0.05, 0) is 28.7 Å². The summed E-state index contributed by atoms with van der Waals surface area (Å²) in [5.74, 6) is -0.129. The number of carbonyl (C=O) groups is 1. The highest BCUT2D eigenvalue weighted by Gasteiger charge is 2.22. The van der Waals surface area contributed by atoms with Gasteiger partial charge in [0.05, 0.1) is 5.69 Å². The maximum absolute atomic E-state index is 11.7. The first kappa shape index (κ1) is 12.2. The number of aromatic hydroxyl groups is 1.